The van der Waals surface area contributed by atoms with Gasteiger partial charge in [-0.15, -0.1) is 0 Å². The highest BCUT2D eigenvalue weighted by atomic mass is 32.1. The van der Waals surface area contributed by atoms with E-state index in [2.05, 4.69) is 48.7 Å². The monoisotopic (exact) mass is 356 g/mol. The van der Waals surface area contributed by atoms with Crippen LogP contribution in [-0.4, -0.2) is 18.5 Å². The number of benzene rings is 2. The van der Waals surface area contributed by atoms with Crippen molar-refractivity contribution in [3.63, 3.8) is 0 Å². The normalized spacial score (nSPS) is 12.3. The van der Waals surface area contributed by atoms with Gasteiger partial charge < -0.3 is 20.1 Å². The Labute approximate surface area is 154 Å². The van der Waals surface area contributed by atoms with Gasteiger partial charge in [0.25, 0.3) is 0 Å². The van der Waals surface area contributed by atoms with Crippen molar-refractivity contribution in [1.29, 1.82) is 0 Å². The van der Waals surface area contributed by atoms with Crippen LogP contribution in [0, 0.1) is 0 Å². The van der Waals surface area contributed by atoms with Crippen LogP contribution in [0.15, 0.2) is 42.5 Å². The minimum Gasteiger partial charge on any atom is -0.454 e. The van der Waals surface area contributed by atoms with Crippen LogP contribution in [0.4, 0.5) is 0 Å². The Morgan fingerprint density at radius 2 is 1.72 bits per heavy atom. The summed E-state index contributed by atoms with van der Waals surface area (Å²) in [5, 5.41) is 7.14. The van der Waals surface area contributed by atoms with Gasteiger partial charge in [0.15, 0.2) is 16.6 Å². The molecule has 0 saturated heterocycles. The summed E-state index contributed by atoms with van der Waals surface area (Å²) in [6.07, 6.45) is 0.949. The molecule has 132 valence electrons. The Bertz CT molecular complexity index is 729. The fraction of sp³-hybridized carbons (Fsp3) is 0.350. The van der Waals surface area contributed by atoms with Gasteiger partial charge in [-0.05, 0) is 53.4 Å². The van der Waals surface area contributed by atoms with Crippen LogP contribution >= 0.6 is 12.2 Å². The molecule has 5 heteroatoms. The zero-order chi connectivity index (χ0) is 17.6. The number of nitrogens with one attached hydrogen (secondary N) is 2. The van der Waals surface area contributed by atoms with E-state index < -0.39 is 0 Å². The lowest BCUT2D eigenvalue weighted by Crippen LogP contribution is -2.35. The van der Waals surface area contributed by atoms with Gasteiger partial charge in [-0.1, -0.05) is 44.2 Å². The molecule has 2 aromatic rings. The molecule has 0 bridgehead atoms. The summed E-state index contributed by atoms with van der Waals surface area (Å²) in [7, 11) is 0. The number of hydrogen-bond acceptors (Lipinski definition) is 3. The maximum absolute atomic E-state index is 5.38. The molecule has 4 nitrogen and oxygen atoms in total. The summed E-state index contributed by atoms with van der Waals surface area (Å²) < 4.78 is 10.7. The van der Waals surface area contributed by atoms with E-state index in [1.54, 1.807) is 0 Å². The summed E-state index contributed by atoms with van der Waals surface area (Å²) >= 11 is 5.34. The van der Waals surface area contributed by atoms with Crippen molar-refractivity contribution < 1.29 is 9.47 Å². The quantitative estimate of drug-likeness (QED) is 0.772. The molecule has 1 aliphatic heterocycles. The average molecular weight is 356 g/mol. The first-order chi connectivity index (χ1) is 12.1. The van der Waals surface area contributed by atoms with Gasteiger partial charge in [0.1, 0.15) is 0 Å². The van der Waals surface area contributed by atoms with E-state index in [1.807, 2.05) is 18.2 Å². The minimum atomic E-state index is 0.296. The summed E-state index contributed by atoms with van der Waals surface area (Å²) in [5.41, 5.74) is 3.80. The first-order valence-electron chi connectivity index (χ1n) is 8.61. The first-order valence-corrected chi connectivity index (χ1v) is 9.01. The highest BCUT2D eigenvalue weighted by Gasteiger charge is 2.13. The lowest BCUT2D eigenvalue weighted by Gasteiger charge is -2.11. The predicted octanol–water partition coefficient (Wildman–Crippen LogP) is 3.75. The van der Waals surface area contributed by atoms with Crippen LogP contribution in [0.3, 0.4) is 0 Å². The van der Waals surface area contributed by atoms with E-state index in [0.29, 0.717) is 24.4 Å². The lowest BCUT2D eigenvalue weighted by molar-refractivity contribution is 0.174. The van der Waals surface area contributed by atoms with Gasteiger partial charge in [0.2, 0.25) is 6.79 Å². The Hall–Kier alpha value is -2.27. The maximum Gasteiger partial charge on any atom is 0.231 e. The molecule has 0 radical (unpaired) electrons. The summed E-state index contributed by atoms with van der Waals surface area (Å²) in [4.78, 5) is 0. The molecule has 25 heavy (non-hydrogen) atoms. The Kier molecular flexibility index (Phi) is 5.76. The SMILES string of the molecule is CC(C)c1ccc(CCNC(=S)NCc2ccc3c(c2)OCO3)cc1. The number of thiocarbonyl (C=S) groups is 1. The van der Waals surface area contributed by atoms with E-state index in [1.165, 1.54) is 11.1 Å². The van der Waals surface area contributed by atoms with Crippen molar-refractivity contribution in [2.45, 2.75) is 32.7 Å². The van der Waals surface area contributed by atoms with Crippen molar-refractivity contribution in [1.82, 2.24) is 10.6 Å². The third-order valence-corrected chi connectivity index (χ3v) is 4.52. The van der Waals surface area contributed by atoms with Crippen LogP contribution in [-0.2, 0) is 13.0 Å². The maximum atomic E-state index is 5.38. The van der Waals surface area contributed by atoms with E-state index in [-0.39, 0.29) is 0 Å². The van der Waals surface area contributed by atoms with Crippen LogP contribution in [0.25, 0.3) is 0 Å². The van der Waals surface area contributed by atoms with Crippen LogP contribution in [0.2, 0.25) is 0 Å². The van der Waals surface area contributed by atoms with Gasteiger partial charge in [-0.2, -0.15) is 0 Å². The molecule has 1 aliphatic rings. The van der Waals surface area contributed by atoms with E-state index >= 15 is 0 Å². The molecule has 0 unspecified atom stereocenters. The predicted molar refractivity (Wildman–Crippen MR) is 104 cm³/mol. The Balaban J connectivity index is 1.39. The zero-order valence-corrected chi connectivity index (χ0v) is 15.5. The molecule has 3 rings (SSSR count). The van der Waals surface area contributed by atoms with Gasteiger partial charge in [-0.3, -0.25) is 0 Å². The molecule has 0 atom stereocenters. The zero-order valence-electron chi connectivity index (χ0n) is 14.7. The lowest BCUT2D eigenvalue weighted by atomic mass is 10.0. The molecule has 1 heterocycles. The smallest absolute Gasteiger partial charge is 0.231 e. The summed E-state index contributed by atoms with van der Waals surface area (Å²) in [6, 6.07) is 14.7. The molecule has 0 saturated carbocycles. The van der Waals surface area contributed by atoms with Crippen molar-refractivity contribution in [3.8, 4) is 11.5 Å². The molecule has 0 fully saturated rings. The number of rotatable bonds is 6. The molecule has 0 aromatic heterocycles. The molecule has 0 spiro atoms. The van der Waals surface area contributed by atoms with Crippen LogP contribution < -0.4 is 20.1 Å². The Morgan fingerprint density at radius 1 is 1.00 bits per heavy atom. The van der Waals surface area contributed by atoms with Gasteiger partial charge in [0, 0.05) is 13.1 Å². The summed E-state index contributed by atoms with van der Waals surface area (Å²) in [5.74, 6) is 2.16. The van der Waals surface area contributed by atoms with Crippen molar-refractivity contribution in [3.05, 3.63) is 59.2 Å². The number of ether oxygens (including phenoxy) is 2. The standard InChI is InChI=1S/C20H24N2O2S/c1-14(2)17-6-3-15(4-7-17)9-10-21-20(25)22-12-16-5-8-18-19(11-16)24-13-23-18/h3-8,11,14H,9-10,12-13H2,1-2H3,(H2,21,22,25). The van der Waals surface area contributed by atoms with E-state index in [0.717, 1.165) is 30.0 Å². The third-order valence-electron chi connectivity index (χ3n) is 4.24. The Morgan fingerprint density at radius 3 is 2.48 bits per heavy atom. The largest absolute Gasteiger partial charge is 0.454 e. The van der Waals surface area contributed by atoms with E-state index in [9.17, 15) is 0 Å². The fourth-order valence-electron chi connectivity index (χ4n) is 2.69. The molecule has 2 aromatic carbocycles. The molecular weight excluding hydrogens is 332 g/mol. The third kappa shape index (κ3) is 4.86. The molecule has 0 amide bonds. The number of fused-ring (bicyclic) bond motifs is 1. The molecule has 0 aliphatic carbocycles. The summed E-state index contributed by atoms with van der Waals surface area (Å²) in [6.45, 7) is 6.19. The van der Waals surface area contributed by atoms with Gasteiger partial charge >= 0.3 is 0 Å². The average Bonchev–Trinajstić information content (AvgIpc) is 3.08. The highest BCUT2D eigenvalue weighted by Crippen LogP contribution is 2.32. The second-order valence-electron chi connectivity index (χ2n) is 6.44. The minimum absolute atomic E-state index is 0.296. The van der Waals surface area contributed by atoms with Crippen molar-refractivity contribution in [2.75, 3.05) is 13.3 Å². The van der Waals surface area contributed by atoms with Crippen LogP contribution in [0.1, 0.15) is 36.5 Å². The molecular formula is C20H24N2O2S. The fourth-order valence-corrected chi connectivity index (χ4v) is 2.86. The van der Waals surface area contributed by atoms with Crippen molar-refractivity contribution in [2.24, 2.45) is 0 Å². The topological polar surface area (TPSA) is 42.5 Å². The van der Waals surface area contributed by atoms with Gasteiger partial charge in [-0.25, -0.2) is 0 Å². The van der Waals surface area contributed by atoms with E-state index in [4.69, 9.17) is 21.7 Å². The second kappa shape index (κ2) is 8.21. The second-order valence-corrected chi connectivity index (χ2v) is 6.85. The van der Waals surface area contributed by atoms with Crippen LogP contribution in [0.5, 0.6) is 11.5 Å². The van der Waals surface area contributed by atoms with Crippen molar-refractivity contribution >= 4 is 17.3 Å². The highest BCUT2D eigenvalue weighted by molar-refractivity contribution is 7.80. The first kappa shape index (κ1) is 17.5. The number of hydrogen-bond donors (Lipinski definition) is 2. The molecule has 2 N–H and O–H groups in total. The van der Waals surface area contributed by atoms with Gasteiger partial charge in [0.05, 0.1) is 0 Å².